The van der Waals surface area contributed by atoms with Crippen molar-refractivity contribution in [2.24, 2.45) is 5.41 Å². The molecule has 0 atom stereocenters. The molecule has 1 aliphatic carbocycles. The van der Waals surface area contributed by atoms with Gasteiger partial charge in [-0.15, -0.1) is 0 Å². The molecule has 1 heterocycles. The fourth-order valence-corrected chi connectivity index (χ4v) is 3.68. The smallest absolute Gasteiger partial charge is 0.0299 e. The van der Waals surface area contributed by atoms with Crippen molar-refractivity contribution in [1.82, 2.24) is 4.98 Å². The van der Waals surface area contributed by atoms with Gasteiger partial charge in [0.15, 0.2) is 0 Å². The van der Waals surface area contributed by atoms with Crippen LogP contribution in [0.5, 0.6) is 0 Å². The van der Waals surface area contributed by atoms with E-state index in [9.17, 15) is 0 Å². The largest absolute Gasteiger partial charge is 0.264 e. The fourth-order valence-electron chi connectivity index (χ4n) is 3.68. The molecule has 0 unspecified atom stereocenters. The lowest BCUT2D eigenvalue weighted by Gasteiger charge is -2.35. The number of nitrogens with zero attached hydrogens (tertiary/aromatic N) is 1. The van der Waals surface area contributed by atoms with Crippen molar-refractivity contribution < 1.29 is 0 Å². The summed E-state index contributed by atoms with van der Waals surface area (Å²) in [6.07, 6.45) is 14.9. The Balaban J connectivity index is 1.84. The molecule has 0 saturated carbocycles. The molecule has 0 radical (unpaired) electrons. The predicted octanol–water partition coefficient (Wildman–Crippen LogP) is 6.27. The highest BCUT2D eigenvalue weighted by Gasteiger charge is 2.27. The second-order valence-corrected chi connectivity index (χ2v) is 7.45. The summed E-state index contributed by atoms with van der Waals surface area (Å²) >= 11 is 0. The lowest BCUT2D eigenvalue weighted by Crippen LogP contribution is -2.20. The molecular formula is C21H31N. The van der Waals surface area contributed by atoms with E-state index >= 15 is 0 Å². The highest BCUT2D eigenvalue weighted by Crippen LogP contribution is 2.42. The van der Waals surface area contributed by atoms with Gasteiger partial charge in [0.05, 0.1) is 0 Å². The Morgan fingerprint density at radius 1 is 1.32 bits per heavy atom. The van der Waals surface area contributed by atoms with Gasteiger partial charge in [0.25, 0.3) is 0 Å². The summed E-state index contributed by atoms with van der Waals surface area (Å²) in [4.78, 5) is 4.18. The summed E-state index contributed by atoms with van der Waals surface area (Å²) < 4.78 is 0. The van der Waals surface area contributed by atoms with Crippen LogP contribution in [0, 0.1) is 5.41 Å². The van der Waals surface area contributed by atoms with E-state index < -0.39 is 0 Å². The van der Waals surface area contributed by atoms with Crippen LogP contribution < -0.4 is 0 Å². The van der Waals surface area contributed by atoms with Crippen LogP contribution in [0.4, 0.5) is 0 Å². The van der Waals surface area contributed by atoms with E-state index in [0.29, 0.717) is 5.41 Å². The first-order chi connectivity index (χ1) is 10.5. The average molecular weight is 297 g/mol. The van der Waals surface area contributed by atoms with Crippen LogP contribution in [0.15, 0.2) is 47.3 Å². The highest BCUT2D eigenvalue weighted by molar-refractivity contribution is 5.23. The number of hydrogen-bond donors (Lipinski definition) is 0. The Hall–Kier alpha value is -1.37. The van der Waals surface area contributed by atoms with Gasteiger partial charge in [-0.3, -0.25) is 4.98 Å². The van der Waals surface area contributed by atoms with Crippen LogP contribution in [0.2, 0.25) is 0 Å². The summed E-state index contributed by atoms with van der Waals surface area (Å²) in [7, 11) is 0. The zero-order valence-electron chi connectivity index (χ0n) is 14.8. The minimum atomic E-state index is 0.415. The molecule has 1 heteroatoms. The molecule has 2 rings (SSSR count). The maximum absolute atomic E-state index is 4.18. The standard InChI is InChI=1S/C21H31N/c1-17(8-5-10-19-11-7-15-22-16-19)12-13-20-18(2)9-6-14-21(20,3)4/h7-8,11,15-16H,5-6,9-10,12-14H2,1-4H3/b17-8+. The molecule has 1 aliphatic rings. The zero-order valence-corrected chi connectivity index (χ0v) is 14.8. The second-order valence-electron chi connectivity index (χ2n) is 7.45. The summed E-state index contributed by atoms with van der Waals surface area (Å²) in [6.45, 7) is 9.48. The van der Waals surface area contributed by atoms with Gasteiger partial charge in [0.1, 0.15) is 0 Å². The number of hydrogen-bond acceptors (Lipinski definition) is 1. The first-order valence-corrected chi connectivity index (χ1v) is 8.73. The molecule has 0 bridgehead atoms. The lowest BCUT2D eigenvalue weighted by atomic mass is 9.71. The van der Waals surface area contributed by atoms with Gasteiger partial charge in [-0.25, -0.2) is 0 Å². The first-order valence-electron chi connectivity index (χ1n) is 8.73. The van der Waals surface area contributed by atoms with Crippen molar-refractivity contribution in [3.8, 4) is 0 Å². The van der Waals surface area contributed by atoms with E-state index in [1.54, 1.807) is 11.1 Å². The van der Waals surface area contributed by atoms with Crippen molar-refractivity contribution in [1.29, 1.82) is 0 Å². The van der Waals surface area contributed by atoms with Gasteiger partial charge in [-0.2, -0.15) is 0 Å². The molecule has 1 aromatic rings. The van der Waals surface area contributed by atoms with Gasteiger partial charge in [-0.05, 0) is 75.8 Å². The molecule has 0 fully saturated rings. The molecule has 0 N–H and O–H groups in total. The van der Waals surface area contributed by atoms with Crippen molar-refractivity contribution >= 4 is 0 Å². The van der Waals surface area contributed by atoms with Gasteiger partial charge in [0.2, 0.25) is 0 Å². The van der Waals surface area contributed by atoms with E-state index in [2.05, 4.69) is 44.8 Å². The molecule has 1 aromatic heterocycles. The van der Waals surface area contributed by atoms with Crippen LogP contribution in [-0.2, 0) is 6.42 Å². The summed E-state index contributed by atoms with van der Waals surface area (Å²) in [5.41, 5.74) is 6.65. The Bertz CT molecular complexity index is 534. The van der Waals surface area contributed by atoms with Gasteiger partial charge < -0.3 is 0 Å². The number of aryl methyl sites for hydroxylation is 1. The third-order valence-electron chi connectivity index (χ3n) is 5.10. The molecule has 1 nitrogen and oxygen atoms in total. The predicted molar refractivity (Wildman–Crippen MR) is 95.9 cm³/mol. The molecule has 22 heavy (non-hydrogen) atoms. The average Bonchev–Trinajstić information content (AvgIpc) is 2.47. The van der Waals surface area contributed by atoms with E-state index in [1.807, 2.05) is 18.5 Å². The Labute approximate surface area is 136 Å². The monoisotopic (exact) mass is 297 g/mol. The Kier molecular flexibility index (Phi) is 5.99. The molecule has 0 saturated heterocycles. The number of allylic oxidation sites excluding steroid dienone is 4. The van der Waals surface area contributed by atoms with Crippen LogP contribution >= 0.6 is 0 Å². The fraction of sp³-hybridized carbons (Fsp3) is 0.571. The quantitative estimate of drug-likeness (QED) is 0.564. The van der Waals surface area contributed by atoms with Gasteiger partial charge in [0, 0.05) is 12.4 Å². The minimum absolute atomic E-state index is 0.415. The van der Waals surface area contributed by atoms with Crippen molar-refractivity contribution in [3.63, 3.8) is 0 Å². The lowest BCUT2D eigenvalue weighted by molar-refractivity contribution is 0.354. The number of rotatable bonds is 6. The van der Waals surface area contributed by atoms with E-state index in [0.717, 1.165) is 12.8 Å². The highest BCUT2D eigenvalue weighted by atomic mass is 14.6. The third-order valence-corrected chi connectivity index (χ3v) is 5.10. The summed E-state index contributed by atoms with van der Waals surface area (Å²) in [5, 5.41) is 0. The van der Waals surface area contributed by atoms with Crippen LogP contribution in [0.25, 0.3) is 0 Å². The normalized spacial score (nSPS) is 18.6. The van der Waals surface area contributed by atoms with Crippen LogP contribution in [0.3, 0.4) is 0 Å². The SMILES string of the molecule is CC1=C(CC/C(C)=C/CCc2cccnc2)C(C)(C)CCC1. The molecule has 120 valence electrons. The first kappa shape index (κ1) is 17.0. The molecule has 0 aromatic carbocycles. The molecule has 0 amide bonds. The van der Waals surface area contributed by atoms with Crippen molar-refractivity contribution in [3.05, 3.63) is 52.9 Å². The van der Waals surface area contributed by atoms with E-state index in [1.165, 1.54) is 43.2 Å². The molecular weight excluding hydrogens is 266 g/mol. The van der Waals surface area contributed by atoms with Crippen molar-refractivity contribution in [2.75, 3.05) is 0 Å². The zero-order chi connectivity index (χ0) is 16.0. The third kappa shape index (κ3) is 4.83. The topological polar surface area (TPSA) is 12.9 Å². The maximum Gasteiger partial charge on any atom is 0.0299 e. The van der Waals surface area contributed by atoms with E-state index in [4.69, 9.17) is 0 Å². The number of pyridine rings is 1. The van der Waals surface area contributed by atoms with Gasteiger partial charge >= 0.3 is 0 Å². The molecule has 0 spiro atoms. The summed E-state index contributed by atoms with van der Waals surface area (Å²) in [6, 6.07) is 4.18. The van der Waals surface area contributed by atoms with Crippen molar-refractivity contribution in [2.45, 2.75) is 72.6 Å². The number of aromatic nitrogens is 1. The molecule has 0 aliphatic heterocycles. The van der Waals surface area contributed by atoms with Crippen LogP contribution in [0.1, 0.15) is 71.8 Å². The second kappa shape index (κ2) is 7.76. The maximum atomic E-state index is 4.18. The summed E-state index contributed by atoms with van der Waals surface area (Å²) in [5.74, 6) is 0. The van der Waals surface area contributed by atoms with E-state index in [-0.39, 0.29) is 0 Å². The Morgan fingerprint density at radius 2 is 2.14 bits per heavy atom. The van der Waals surface area contributed by atoms with Crippen LogP contribution in [-0.4, -0.2) is 4.98 Å². The Morgan fingerprint density at radius 3 is 2.82 bits per heavy atom. The minimum Gasteiger partial charge on any atom is -0.264 e. The van der Waals surface area contributed by atoms with Gasteiger partial charge in [-0.1, -0.05) is 42.7 Å².